The van der Waals surface area contributed by atoms with Crippen molar-refractivity contribution in [2.75, 3.05) is 6.61 Å². The van der Waals surface area contributed by atoms with Crippen molar-refractivity contribution in [3.63, 3.8) is 0 Å². The molecular weight excluding hydrogens is 176 g/mol. The molecule has 0 aliphatic rings. The summed E-state index contributed by atoms with van der Waals surface area (Å²) < 4.78 is 5.31. The predicted octanol–water partition coefficient (Wildman–Crippen LogP) is 2.61. The molecule has 0 atom stereocenters. The lowest BCUT2D eigenvalue weighted by atomic mass is 10.1. The molecule has 0 bridgehead atoms. The van der Waals surface area contributed by atoms with Crippen LogP contribution >= 0.6 is 0 Å². The van der Waals surface area contributed by atoms with Gasteiger partial charge < -0.3 is 4.74 Å². The van der Waals surface area contributed by atoms with Gasteiger partial charge in [-0.3, -0.25) is 4.79 Å². The van der Waals surface area contributed by atoms with Crippen LogP contribution in [0.3, 0.4) is 0 Å². The Morgan fingerprint density at radius 1 is 1.21 bits per heavy atom. The van der Waals surface area contributed by atoms with Crippen LogP contribution in [0.25, 0.3) is 0 Å². The number of rotatable bonds is 5. The molecule has 1 rings (SSSR count). The van der Waals surface area contributed by atoms with Crippen LogP contribution in [0.4, 0.5) is 0 Å². The van der Waals surface area contributed by atoms with Crippen molar-refractivity contribution in [3.8, 4) is 5.75 Å². The SMILES string of the molecule is CCOc1ccc(CC(=O)CC)cc1. The van der Waals surface area contributed by atoms with Crippen LogP contribution in [0.2, 0.25) is 0 Å². The first-order valence-electron chi connectivity index (χ1n) is 4.99. The average molecular weight is 192 g/mol. The number of hydrogen-bond acceptors (Lipinski definition) is 2. The molecule has 0 amide bonds. The molecule has 2 heteroatoms. The Bertz CT molecular complexity index is 288. The quantitative estimate of drug-likeness (QED) is 0.716. The Morgan fingerprint density at radius 3 is 2.36 bits per heavy atom. The van der Waals surface area contributed by atoms with E-state index in [1.165, 1.54) is 0 Å². The van der Waals surface area contributed by atoms with Crippen LogP contribution in [0.15, 0.2) is 24.3 Å². The molecule has 0 spiro atoms. The van der Waals surface area contributed by atoms with Crippen molar-refractivity contribution in [3.05, 3.63) is 29.8 Å². The molecule has 0 aromatic heterocycles. The third-order valence-corrected chi connectivity index (χ3v) is 2.03. The standard InChI is InChI=1S/C12H16O2/c1-3-11(13)9-10-5-7-12(8-6-10)14-4-2/h5-8H,3-4,9H2,1-2H3. The van der Waals surface area contributed by atoms with Crippen LogP contribution in [-0.4, -0.2) is 12.4 Å². The maximum atomic E-state index is 11.2. The van der Waals surface area contributed by atoms with E-state index in [4.69, 9.17) is 4.74 Å². The Hall–Kier alpha value is -1.31. The molecule has 0 heterocycles. The van der Waals surface area contributed by atoms with E-state index in [1.807, 2.05) is 38.1 Å². The lowest BCUT2D eigenvalue weighted by molar-refractivity contribution is -0.118. The smallest absolute Gasteiger partial charge is 0.136 e. The van der Waals surface area contributed by atoms with E-state index in [2.05, 4.69) is 0 Å². The highest BCUT2D eigenvalue weighted by Gasteiger charge is 2.00. The number of benzene rings is 1. The van der Waals surface area contributed by atoms with Crippen molar-refractivity contribution < 1.29 is 9.53 Å². The molecule has 0 unspecified atom stereocenters. The summed E-state index contributed by atoms with van der Waals surface area (Å²) >= 11 is 0. The molecule has 0 aliphatic heterocycles. The number of Topliss-reactive ketones (excluding diaryl/α,β-unsaturated/α-hetero) is 1. The van der Waals surface area contributed by atoms with Gasteiger partial charge in [0.15, 0.2) is 0 Å². The summed E-state index contributed by atoms with van der Waals surface area (Å²) in [7, 11) is 0. The molecular formula is C12H16O2. The molecule has 76 valence electrons. The van der Waals surface area contributed by atoms with Crippen LogP contribution < -0.4 is 4.74 Å². The Morgan fingerprint density at radius 2 is 1.86 bits per heavy atom. The van der Waals surface area contributed by atoms with Gasteiger partial charge in [0.05, 0.1) is 6.61 Å². The minimum atomic E-state index is 0.272. The lowest BCUT2D eigenvalue weighted by Gasteiger charge is -2.03. The highest BCUT2D eigenvalue weighted by atomic mass is 16.5. The van der Waals surface area contributed by atoms with Gasteiger partial charge in [0.1, 0.15) is 11.5 Å². The van der Waals surface area contributed by atoms with Crippen molar-refractivity contribution in [2.24, 2.45) is 0 Å². The van der Waals surface area contributed by atoms with E-state index in [-0.39, 0.29) is 5.78 Å². The van der Waals surface area contributed by atoms with Crippen molar-refractivity contribution in [1.29, 1.82) is 0 Å². The second-order valence-electron chi connectivity index (χ2n) is 3.15. The van der Waals surface area contributed by atoms with Crippen LogP contribution in [0.5, 0.6) is 5.75 Å². The first kappa shape index (κ1) is 10.8. The van der Waals surface area contributed by atoms with Gasteiger partial charge in [-0.15, -0.1) is 0 Å². The molecule has 0 aliphatic carbocycles. The molecule has 0 N–H and O–H groups in total. The first-order chi connectivity index (χ1) is 6.76. The summed E-state index contributed by atoms with van der Waals surface area (Å²) in [5.74, 6) is 1.13. The fraction of sp³-hybridized carbons (Fsp3) is 0.417. The van der Waals surface area contributed by atoms with Crippen LogP contribution in [-0.2, 0) is 11.2 Å². The van der Waals surface area contributed by atoms with E-state index in [0.29, 0.717) is 19.4 Å². The predicted molar refractivity (Wildman–Crippen MR) is 56.6 cm³/mol. The highest BCUT2D eigenvalue weighted by molar-refractivity contribution is 5.80. The molecule has 0 fully saturated rings. The zero-order chi connectivity index (χ0) is 10.4. The minimum Gasteiger partial charge on any atom is -0.494 e. The average Bonchev–Trinajstić information content (AvgIpc) is 2.21. The van der Waals surface area contributed by atoms with Gasteiger partial charge in [-0.25, -0.2) is 0 Å². The highest BCUT2D eigenvalue weighted by Crippen LogP contribution is 2.12. The normalized spacial score (nSPS) is 9.86. The minimum absolute atomic E-state index is 0.272. The van der Waals surface area contributed by atoms with E-state index < -0.39 is 0 Å². The molecule has 2 nitrogen and oxygen atoms in total. The summed E-state index contributed by atoms with van der Waals surface area (Å²) in [6.07, 6.45) is 1.14. The van der Waals surface area contributed by atoms with Crippen molar-refractivity contribution in [1.82, 2.24) is 0 Å². The monoisotopic (exact) mass is 192 g/mol. The zero-order valence-corrected chi connectivity index (χ0v) is 8.75. The molecule has 0 saturated carbocycles. The summed E-state index contributed by atoms with van der Waals surface area (Å²) in [4.78, 5) is 11.2. The third-order valence-electron chi connectivity index (χ3n) is 2.03. The van der Waals surface area contributed by atoms with E-state index in [1.54, 1.807) is 0 Å². The van der Waals surface area contributed by atoms with Crippen LogP contribution in [0.1, 0.15) is 25.8 Å². The van der Waals surface area contributed by atoms with Crippen molar-refractivity contribution >= 4 is 5.78 Å². The summed E-state index contributed by atoms with van der Waals surface area (Å²) in [6, 6.07) is 7.70. The topological polar surface area (TPSA) is 26.3 Å². The fourth-order valence-electron chi connectivity index (χ4n) is 1.22. The number of carbonyl (C=O) groups is 1. The van der Waals surface area contributed by atoms with E-state index in [0.717, 1.165) is 11.3 Å². The number of carbonyl (C=O) groups excluding carboxylic acids is 1. The molecule has 0 saturated heterocycles. The second-order valence-corrected chi connectivity index (χ2v) is 3.15. The van der Waals surface area contributed by atoms with Gasteiger partial charge >= 0.3 is 0 Å². The first-order valence-corrected chi connectivity index (χ1v) is 4.99. The van der Waals surface area contributed by atoms with Gasteiger partial charge in [-0.1, -0.05) is 19.1 Å². The van der Waals surface area contributed by atoms with Gasteiger partial charge in [0.25, 0.3) is 0 Å². The molecule has 1 aromatic rings. The molecule has 14 heavy (non-hydrogen) atoms. The van der Waals surface area contributed by atoms with E-state index >= 15 is 0 Å². The molecule has 0 radical (unpaired) electrons. The summed E-state index contributed by atoms with van der Waals surface area (Å²) in [5, 5.41) is 0. The molecule has 1 aromatic carbocycles. The van der Waals surface area contributed by atoms with Gasteiger partial charge in [0.2, 0.25) is 0 Å². The number of ether oxygens (including phenoxy) is 1. The summed E-state index contributed by atoms with van der Waals surface area (Å²) in [5.41, 5.74) is 1.06. The fourth-order valence-corrected chi connectivity index (χ4v) is 1.22. The Balaban J connectivity index is 2.59. The van der Waals surface area contributed by atoms with Gasteiger partial charge in [-0.2, -0.15) is 0 Å². The maximum Gasteiger partial charge on any atom is 0.136 e. The van der Waals surface area contributed by atoms with Gasteiger partial charge in [0, 0.05) is 12.8 Å². The number of ketones is 1. The maximum absolute atomic E-state index is 11.2. The van der Waals surface area contributed by atoms with Crippen molar-refractivity contribution in [2.45, 2.75) is 26.7 Å². The van der Waals surface area contributed by atoms with E-state index in [9.17, 15) is 4.79 Å². The Kier molecular flexibility index (Phi) is 4.17. The third kappa shape index (κ3) is 3.21. The lowest BCUT2D eigenvalue weighted by Crippen LogP contribution is -2.00. The largest absolute Gasteiger partial charge is 0.494 e. The number of hydrogen-bond donors (Lipinski definition) is 0. The second kappa shape index (κ2) is 5.43. The zero-order valence-electron chi connectivity index (χ0n) is 8.75. The van der Waals surface area contributed by atoms with Crippen LogP contribution in [0, 0.1) is 0 Å². The Labute approximate surface area is 84.9 Å². The van der Waals surface area contributed by atoms with Gasteiger partial charge in [-0.05, 0) is 24.6 Å². The summed E-state index contributed by atoms with van der Waals surface area (Å²) in [6.45, 7) is 4.51.